The Morgan fingerprint density at radius 2 is 1.74 bits per heavy atom. The number of benzene rings is 3. The third-order valence-corrected chi connectivity index (χ3v) is 5.55. The number of para-hydroxylation sites is 3. The van der Waals surface area contributed by atoms with Crippen LogP contribution in [0.5, 0.6) is 5.75 Å². The van der Waals surface area contributed by atoms with Gasteiger partial charge in [0.05, 0.1) is 24.1 Å². The summed E-state index contributed by atoms with van der Waals surface area (Å²) in [7, 11) is 1.55. The molecule has 0 fully saturated rings. The quantitative estimate of drug-likeness (QED) is 0.371. The average molecular weight is 479 g/mol. The second-order valence-electron chi connectivity index (χ2n) is 6.89. The molecule has 1 heterocycles. The molecule has 4 rings (SSSR count). The first-order chi connectivity index (χ1) is 16.5. The topological polar surface area (TPSA) is 111 Å². The van der Waals surface area contributed by atoms with Gasteiger partial charge in [-0.1, -0.05) is 36.0 Å². The fourth-order valence-electron chi connectivity index (χ4n) is 3.06. The van der Waals surface area contributed by atoms with Crippen LogP contribution >= 0.6 is 11.8 Å². The summed E-state index contributed by atoms with van der Waals surface area (Å²) >= 11 is 1.14. The number of carbonyl (C=O) groups excluding carboxylic acids is 2. The molecular formula is C23H19FN6O3S. The van der Waals surface area contributed by atoms with Gasteiger partial charge >= 0.3 is 0 Å². The van der Waals surface area contributed by atoms with E-state index < -0.39 is 11.7 Å². The summed E-state index contributed by atoms with van der Waals surface area (Å²) < 4.78 is 19.9. The number of halogens is 1. The van der Waals surface area contributed by atoms with Gasteiger partial charge in [-0.05, 0) is 59.0 Å². The largest absolute Gasteiger partial charge is 0.494 e. The van der Waals surface area contributed by atoms with E-state index in [2.05, 4.69) is 26.2 Å². The van der Waals surface area contributed by atoms with Crippen molar-refractivity contribution in [2.24, 2.45) is 0 Å². The van der Waals surface area contributed by atoms with Gasteiger partial charge in [-0.15, -0.1) is 5.10 Å². The summed E-state index contributed by atoms with van der Waals surface area (Å²) in [6.07, 6.45) is 0. The average Bonchev–Trinajstić information content (AvgIpc) is 3.33. The summed E-state index contributed by atoms with van der Waals surface area (Å²) in [5.41, 5.74) is 1.69. The summed E-state index contributed by atoms with van der Waals surface area (Å²) in [6, 6.07) is 19.3. The molecular weight excluding hydrogens is 459 g/mol. The molecule has 3 aromatic carbocycles. The van der Waals surface area contributed by atoms with Crippen LogP contribution in [0.25, 0.3) is 5.69 Å². The minimum atomic E-state index is -0.435. The number of methoxy groups -OCH3 is 1. The van der Waals surface area contributed by atoms with Gasteiger partial charge in [-0.3, -0.25) is 9.59 Å². The maximum absolute atomic E-state index is 13.1. The molecule has 0 spiro atoms. The van der Waals surface area contributed by atoms with Crippen LogP contribution in [0.1, 0.15) is 10.4 Å². The number of tetrazole rings is 1. The van der Waals surface area contributed by atoms with Crippen LogP contribution in [0.15, 0.2) is 78.0 Å². The van der Waals surface area contributed by atoms with Crippen molar-refractivity contribution in [1.82, 2.24) is 20.2 Å². The van der Waals surface area contributed by atoms with Gasteiger partial charge in [0.2, 0.25) is 11.1 Å². The molecule has 1 aromatic heterocycles. The highest BCUT2D eigenvalue weighted by atomic mass is 32.2. The summed E-state index contributed by atoms with van der Waals surface area (Å²) in [5.74, 6) is -0.595. The van der Waals surface area contributed by atoms with Crippen molar-refractivity contribution >= 4 is 35.0 Å². The van der Waals surface area contributed by atoms with Crippen LogP contribution in [0.3, 0.4) is 0 Å². The van der Waals surface area contributed by atoms with Crippen molar-refractivity contribution in [1.29, 1.82) is 0 Å². The van der Waals surface area contributed by atoms with E-state index in [1.54, 1.807) is 43.5 Å². The van der Waals surface area contributed by atoms with Gasteiger partial charge in [0.25, 0.3) is 5.91 Å². The van der Waals surface area contributed by atoms with Gasteiger partial charge in [0.15, 0.2) is 0 Å². The zero-order valence-corrected chi connectivity index (χ0v) is 18.8. The molecule has 11 heteroatoms. The van der Waals surface area contributed by atoms with Gasteiger partial charge in [0, 0.05) is 5.69 Å². The van der Waals surface area contributed by atoms with E-state index in [0.717, 1.165) is 11.8 Å². The van der Waals surface area contributed by atoms with E-state index in [9.17, 15) is 14.0 Å². The fraction of sp³-hybridized carbons (Fsp3) is 0.0870. The lowest BCUT2D eigenvalue weighted by Gasteiger charge is -2.12. The van der Waals surface area contributed by atoms with Crippen molar-refractivity contribution in [3.63, 3.8) is 0 Å². The van der Waals surface area contributed by atoms with Crippen molar-refractivity contribution in [3.05, 3.63) is 84.2 Å². The summed E-state index contributed by atoms with van der Waals surface area (Å²) in [5, 5.41) is 17.5. The second kappa shape index (κ2) is 10.6. The Bertz CT molecular complexity index is 1310. The van der Waals surface area contributed by atoms with Crippen molar-refractivity contribution in [2.75, 3.05) is 23.5 Å². The lowest BCUT2D eigenvalue weighted by Crippen LogP contribution is -2.19. The molecule has 0 atom stereocenters. The van der Waals surface area contributed by atoms with E-state index in [1.165, 1.54) is 28.9 Å². The maximum atomic E-state index is 13.1. The number of anilines is 2. The SMILES string of the molecule is COc1ccccc1-n1nnnc1SCC(=O)Nc1ccccc1C(=O)Nc1ccc(F)cc1. The van der Waals surface area contributed by atoms with Crippen molar-refractivity contribution in [3.8, 4) is 11.4 Å². The summed E-state index contributed by atoms with van der Waals surface area (Å²) in [4.78, 5) is 25.3. The minimum absolute atomic E-state index is 0.00341. The third-order valence-electron chi connectivity index (χ3n) is 4.63. The Balaban J connectivity index is 1.43. The van der Waals surface area contributed by atoms with Crippen molar-refractivity contribution in [2.45, 2.75) is 5.16 Å². The molecule has 0 unspecified atom stereocenters. The van der Waals surface area contributed by atoms with Crippen LogP contribution < -0.4 is 15.4 Å². The van der Waals surface area contributed by atoms with E-state index in [1.807, 2.05) is 12.1 Å². The standard InChI is InChI=1S/C23H19FN6O3S/c1-33-20-9-5-4-8-19(20)30-23(27-28-29-30)34-14-21(31)26-18-7-3-2-6-17(18)22(32)25-16-12-10-15(24)11-13-16/h2-13H,14H2,1H3,(H,25,32)(H,26,31). The third kappa shape index (κ3) is 5.38. The van der Waals surface area contributed by atoms with E-state index >= 15 is 0 Å². The van der Waals surface area contributed by atoms with Gasteiger partial charge < -0.3 is 15.4 Å². The molecule has 172 valence electrons. The smallest absolute Gasteiger partial charge is 0.257 e. The predicted octanol–water partition coefficient (Wildman–Crippen LogP) is 3.79. The Morgan fingerprint density at radius 3 is 2.53 bits per heavy atom. The molecule has 0 radical (unpaired) electrons. The zero-order chi connectivity index (χ0) is 23.9. The molecule has 0 aliphatic rings. The molecule has 0 saturated carbocycles. The van der Waals surface area contributed by atoms with Gasteiger partial charge in [-0.2, -0.15) is 4.68 Å². The number of nitrogens with zero attached hydrogens (tertiary/aromatic N) is 4. The van der Waals surface area contributed by atoms with Crippen LogP contribution in [0, 0.1) is 5.82 Å². The number of thioether (sulfide) groups is 1. The second-order valence-corrected chi connectivity index (χ2v) is 7.83. The number of carbonyl (C=O) groups is 2. The van der Waals surface area contributed by atoms with Crippen LogP contribution in [0.2, 0.25) is 0 Å². The molecule has 0 aliphatic carbocycles. The van der Waals surface area contributed by atoms with Gasteiger partial charge in [0.1, 0.15) is 17.3 Å². The number of aromatic nitrogens is 4. The van der Waals surface area contributed by atoms with Crippen LogP contribution in [-0.4, -0.2) is 44.9 Å². The number of hydrogen-bond donors (Lipinski definition) is 2. The highest BCUT2D eigenvalue weighted by Gasteiger charge is 2.17. The van der Waals surface area contributed by atoms with Crippen molar-refractivity contribution < 1.29 is 18.7 Å². The first-order valence-corrected chi connectivity index (χ1v) is 11.0. The lowest BCUT2D eigenvalue weighted by molar-refractivity contribution is -0.113. The number of nitrogens with one attached hydrogen (secondary N) is 2. The molecule has 0 bridgehead atoms. The lowest BCUT2D eigenvalue weighted by atomic mass is 10.1. The molecule has 0 saturated heterocycles. The number of ether oxygens (including phenoxy) is 1. The molecule has 2 amide bonds. The first kappa shape index (κ1) is 22.9. The minimum Gasteiger partial charge on any atom is -0.494 e. The Morgan fingerprint density at radius 1 is 1.00 bits per heavy atom. The maximum Gasteiger partial charge on any atom is 0.257 e. The molecule has 4 aromatic rings. The van der Waals surface area contributed by atoms with E-state index in [0.29, 0.717) is 28.0 Å². The Hall–Kier alpha value is -4.25. The number of hydrogen-bond acceptors (Lipinski definition) is 7. The first-order valence-electron chi connectivity index (χ1n) is 10.1. The molecule has 0 aliphatic heterocycles. The molecule has 2 N–H and O–H groups in total. The van der Waals surface area contributed by atoms with E-state index in [4.69, 9.17) is 4.74 Å². The monoisotopic (exact) mass is 478 g/mol. The highest BCUT2D eigenvalue weighted by molar-refractivity contribution is 7.99. The summed E-state index contributed by atoms with van der Waals surface area (Å²) in [6.45, 7) is 0. The molecule has 34 heavy (non-hydrogen) atoms. The highest BCUT2D eigenvalue weighted by Crippen LogP contribution is 2.26. The van der Waals surface area contributed by atoms with Gasteiger partial charge in [-0.25, -0.2) is 4.39 Å². The molecule has 9 nitrogen and oxygen atoms in total. The fourth-order valence-corrected chi connectivity index (χ4v) is 3.75. The predicted molar refractivity (Wildman–Crippen MR) is 126 cm³/mol. The number of amides is 2. The number of rotatable bonds is 8. The van der Waals surface area contributed by atoms with E-state index in [-0.39, 0.29) is 17.2 Å². The zero-order valence-electron chi connectivity index (χ0n) is 17.9. The van der Waals surface area contributed by atoms with Crippen LogP contribution in [-0.2, 0) is 4.79 Å². The Labute approximate surface area is 198 Å². The van der Waals surface area contributed by atoms with Crippen LogP contribution in [0.4, 0.5) is 15.8 Å². The Kier molecular flexibility index (Phi) is 7.13. The normalized spacial score (nSPS) is 10.5.